The van der Waals surface area contributed by atoms with E-state index >= 15 is 0 Å². The summed E-state index contributed by atoms with van der Waals surface area (Å²) in [5, 5.41) is 8.73. The number of anilines is 1. The lowest BCUT2D eigenvalue weighted by Gasteiger charge is -2.16. The van der Waals surface area contributed by atoms with Gasteiger partial charge < -0.3 is 9.84 Å². The molecule has 0 bridgehead atoms. The van der Waals surface area contributed by atoms with Crippen LogP contribution in [0.25, 0.3) is 22.2 Å². The van der Waals surface area contributed by atoms with Crippen molar-refractivity contribution in [3.63, 3.8) is 0 Å². The smallest absolute Gasteiger partial charge is 0.196 e. The number of benzene rings is 2. The van der Waals surface area contributed by atoms with Crippen molar-refractivity contribution in [2.75, 3.05) is 11.9 Å². The molecule has 1 aliphatic carbocycles. The molecule has 5 heteroatoms. The molecular weight excluding hydrogens is 324 g/mol. The van der Waals surface area contributed by atoms with Crippen LogP contribution in [0.2, 0.25) is 5.02 Å². The van der Waals surface area contributed by atoms with Crippen LogP contribution in [-0.2, 0) is 0 Å². The lowest BCUT2D eigenvalue weighted by Crippen LogP contribution is -2.10. The Morgan fingerprint density at radius 1 is 1.21 bits per heavy atom. The molecule has 0 fully saturated rings. The van der Waals surface area contributed by atoms with E-state index in [9.17, 15) is 4.79 Å². The van der Waals surface area contributed by atoms with Crippen LogP contribution in [0.5, 0.6) is 0 Å². The molecule has 2 aromatic carbocycles. The minimum atomic E-state index is -0.0752. The van der Waals surface area contributed by atoms with Crippen molar-refractivity contribution in [3.05, 3.63) is 46.5 Å². The van der Waals surface area contributed by atoms with Gasteiger partial charge in [-0.1, -0.05) is 60.8 Å². The summed E-state index contributed by atoms with van der Waals surface area (Å²) in [4.78, 5) is 12.8. The zero-order valence-electron chi connectivity index (χ0n) is 13.4. The number of ketones is 1. The molecule has 0 atom stereocenters. The molecule has 0 aliphatic heterocycles. The van der Waals surface area contributed by atoms with Crippen LogP contribution < -0.4 is 5.32 Å². The van der Waals surface area contributed by atoms with Gasteiger partial charge in [-0.3, -0.25) is 4.79 Å². The van der Waals surface area contributed by atoms with Gasteiger partial charge in [-0.25, -0.2) is 0 Å². The van der Waals surface area contributed by atoms with E-state index in [1.54, 1.807) is 12.1 Å². The number of hydrogen-bond donors (Lipinski definition) is 1. The molecule has 1 aromatic heterocycles. The Morgan fingerprint density at radius 2 is 2.00 bits per heavy atom. The Kier molecular flexibility index (Phi) is 3.77. The molecule has 0 radical (unpaired) electrons. The second-order valence-corrected chi connectivity index (χ2v) is 6.43. The van der Waals surface area contributed by atoms with Gasteiger partial charge in [-0.05, 0) is 12.5 Å². The number of halogens is 1. The largest absolute Gasteiger partial charge is 0.383 e. The lowest BCUT2D eigenvalue weighted by molar-refractivity contribution is 0.104. The van der Waals surface area contributed by atoms with Crippen molar-refractivity contribution >= 4 is 34.0 Å². The molecule has 4 nitrogen and oxygen atoms in total. The van der Waals surface area contributed by atoms with E-state index in [4.69, 9.17) is 16.1 Å². The summed E-state index contributed by atoms with van der Waals surface area (Å²) in [5.41, 5.74) is 3.35. The maximum absolute atomic E-state index is 12.8. The highest BCUT2D eigenvalue weighted by Gasteiger charge is 2.32. The van der Waals surface area contributed by atoms with Crippen LogP contribution in [0.4, 0.5) is 5.69 Å². The number of aromatic nitrogens is 1. The number of hydrogen-bond acceptors (Lipinski definition) is 4. The van der Waals surface area contributed by atoms with Crippen LogP contribution in [0, 0.1) is 0 Å². The van der Waals surface area contributed by atoms with Crippen LogP contribution >= 0.6 is 11.6 Å². The average molecular weight is 341 g/mol. The fraction of sp³-hybridized carbons (Fsp3) is 0.263. The third kappa shape index (κ3) is 2.21. The summed E-state index contributed by atoms with van der Waals surface area (Å²) >= 11 is 6.44. The third-order valence-corrected chi connectivity index (χ3v) is 4.74. The SMILES string of the molecule is CCCCCNc1cc(Cl)c2c3c(onc13)-c1ccccc1C2=O. The first-order chi connectivity index (χ1) is 11.7. The summed E-state index contributed by atoms with van der Waals surface area (Å²) in [7, 11) is 0. The first kappa shape index (κ1) is 15.2. The molecule has 24 heavy (non-hydrogen) atoms. The first-order valence-corrected chi connectivity index (χ1v) is 8.60. The van der Waals surface area contributed by atoms with Crippen molar-refractivity contribution in [2.24, 2.45) is 0 Å². The number of carbonyl (C=O) groups excluding carboxylic acids is 1. The summed E-state index contributed by atoms with van der Waals surface area (Å²) in [6.45, 7) is 3.01. The van der Waals surface area contributed by atoms with E-state index in [0.29, 0.717) is 32.8 Å². The highest BCUT2D eigenvalue weighted by atomic mass is 35.5. The minimum Gasteiger partial charge on any atom is -0.383 e. The summed E-state index contributed by atoms with van der Waals surface area (Å²) < 4.78 is 5.59. The zero-order valence-corrected chi connectivity index (χ0v) is 14.1. The van der Waals surface area contributed by atoms with Crippen molar-refractivity contribution in [3.8, 4) is 11.3 Å². The van der Waals surface area contributed by atoms with E-state index in [1.807, 2.05) is 18.2 Å². The van der Waals surface area contributed by atoms with E-state index in [1.165, 1.54) is 0 Å². The Hall–Kier alpha value is -2.33. The topological polar surface area (TPSA) is 55.1 Å². The van der Waals surface area contributed by atoms with Crippen LogP contribution in [0.1, 0.15) is 42.1 Å². The maximum atomic E-state index is 12.8. The molecule has 0 saturated heterocycles. The van der Waals surface area contributed by atoms with Gasteiger partial charge in [0.2, 0.25) is 0 Å². The normalized spacial score (nSPS) is 12.5. The predicted molar refractivity (Wildman–Crippen MR) is 95.9 cm³/mol. The third-order valence-electron chi connectivity index (χ3n) is 4.45. The molecule has 122 valence electrons. The van der Waals surface area contributed by atoms with E-state index in [-0.39, 0.29) is 5.78 Å². The minimum absolute atomic E-state index is 0.0752. The second kappa shape index (κ2) is 5.95. The molecule has 0 saturated carbocycles. The number of nitrogens with zero attached hydrogens (tertiary/aromatic N) is 1. The van der Waals surface area contributed by atoms with Crippen LogP contribution in [0.3, 0.4) is 0 Å². The number of rotatable bonds is 5. The molecule has 1 heterocycles. The van der Waals surface area contributed by atoms with Gasteiger partial charge in [0.05, 0.1) is 21.7 Å². The van der Waals surface area contributed by atoms with E-state index in [2.05, 4.69) is 17.4 Å². The first-order valence-electron chi connectivity index (χ1n) is 8.22. The van der Waals surface area contributed by atoms with Gasteiger partial charge in [-0.15, -0.1) is 0 Å². The van der Waals surface area contributed by atoms with Crippen molar-refractivity contribution in [1.29, 1.82) is 0 Å². The van der Waals surface area contributed by atoms with Crippen molar-refractivity contribution in [1.82, 2.24) is 5.16 Å². The molecule has 1 N–H and O–H groups in total. The number of unbranched alkanes of at least 4 members (excludes halogenated alkanes) is 2. The second-order valence-electron chi connectivity index (χ2n) is 6.02. The molecule has 3 aromatic rings. The molecule has 1 aliphatic rings. The molecule has 0 amide bonds. The summed E-state index contributed by atoms with van der Waals surface area (Å²) in [6, 6.07) is 9.18. The van der Waals surface area contributed by atoms with Gasteiger partial charge in [0.15, 0.2) is 11.5 Å². The van der Waals surface area contributed by atoms with Gasteiger partial charge in [0.25, 0.3) is 0 Å². The van der Waals surface area contributed by atoms with Crippen LogP contribution in [-0.4, -0.2) is 17.5 Å². The number of fused-ring (bicyclic) bond motifs is 2. The standard InChI is InChI=1S/C19H17ClN2O2/c1-2-3-6-9-21-14-10-13(20)15-16-17(14)22-24-19(16)12-8-5-4-7-11(12)18(15)23/h4-5,7-8,10,21H,2-3,6,9H2,1H3. The van der Waals surface area contributed by atoms with E-state index in [0.717, 1.165) is 37.1 Å². The van der Waals surface area contributed by atoms with Gasteiger partial charge in [0.1, 0.15) is 5.52 Å². The van der Waals surface area contributed by atoms with Gasteiger partial charge in [-0.2, -0.15) is 0 Å². The zero-order chi connectivity index (χ0) is 16.7. The Balaban J connectivity index is 1.87. The Bertz CT molecular complexity index is 946. The Labute approximate surface area is 144 Å². The monoisotopic (exact) mass is 340 g/mol. The lowest BCUT2D eigenvalue weighted by atomic mass is 9.87. The molecule has 0 unspecified atom stereocenters. The van der Waals surface area contributed by atoms with Crippen molar-refractivity contribution in [2.45, 2.75) is 26.2 Å². The maximum Gasteiger partial charge on any atom is 0.196 e. The quantitative estimate of drug-likeness (QED) is 0.501. The molecular formula is C19H17ClN2O2. The van der Waals surface area contributed by atoms with Crippen molar-refractivity contribution < 1.29 is 9.32 Å². The fourth-order valence-corrected chi connectivity index (χ4v) is 3.53. The summed E-state index contributed by atoms with van der Waals surface area (Å²) in [6.07, 6.45) is 3.40. The predicted octanol–water partition coefficient (Wildman–Crippen LogP) is 5.29. The summed E-state index contributed by atoms with van der Waals surface area (Å²) in [5.74, 6) is 0.545. The molecule has 0 spiro atoms. The highest BCUT2D eigenvalue weighted by Crippen LogP contribution is 2.44. The van der Waals surface area contributed by atoms with E-state index < -0.39 is 0 Å². The number of carbonyl (C=O) groups is 1. The van der Waals surface area contributed by atoms with Gasteiger partial charge >= 0.3 is 0 Å². The Morgan fingerprint density at radius 3 is 2.79 bits per heavy atom. The fourth-order valence-electron chi connectivity index (χ4n) is 3.24. The number of nitrogens with one attached hydrogen (secondary N) is 1. The van der Waals surface area contributed by atoms with Gasteiger partial charge in [0, 0.05) is 17.7 Å². The average Bonchev–Trinajstić information content (AvgIpc) is 3.03. The van der Waals surface area contributed by atoms with Crippen LogP contribution in [0.15, 0.2) is 34.9 Å². The molecule has 4 rings (SSSR count). The highest BCUT2D eigenvalue weighted by molar-refractivity contribution is 6.39.